The number of nitrogen functional groups attached to an aromatic ring is 1. The van der Waals surface area contributed by atoms with Crippen LogP contribution in [0.2, 0.25) is 0 Å². The van der Waals surface area contributed by atoms with Crippen LogP contribution in [0.1, 0.15) is 12.0 Å². The van der Waals surface area contributed by atoms with Gasteiger partial charge in [-0.15, -0.1) is 0 Å². The van der Waals surface area contributed by atoms with E-state index in [-0.39, 0.29) is 5.78 Å². The highest BCUT2D eigenvalue weighted by Crippen LogP contribution is 2.12. The first-order valence-corrected chi connectivity index (χ1v) is 6.13. The van der Waals surface area contributed by atoms with Gasteiger partial charge in [-0.1, -0.05) is 18.2 Å². The molecule has 2 N–H and O–H groups in total. The number of hydrogen-bond acceptors (Lipinski definition) is 4. The Morgan fingerprint density at radius 3 is 2.74 bits per heavy atom. The first-order valence-electron chi connectivity index (χ1n) is 6.13. The number of aromatic nitrogens is 1. The predicted octanol–water partition coefficient (Wildman–Crippen LogP) is 2.24. The lowest BCUT2D eigenvalue weighted by atomic mass is 10.1. The van der Waals surface area contributed by atoms with Gasteiger partial charge in [0, 0.05) is 36.5 Å². The van der Waals surface area contributed by atoms with E-state index in [0.29, 0.717) is 25.1 Å². The molecule has 0 fully saturated rings. The number of ether oxygens (including phenoxy) is 1. The van der Waals surface area contributed by atoms with Crippen LogP contribution in [0.4, 0.5) is 5.69 Å². The normalized spacial score (nSPS) is 10.1. The number of benzene rings is 1. The highest BCUT2D eigenvalue weighted by molar-refractivity contribution is 5.82. The van der Waals surface area contributed by atoms with E-state index in [1.165, 1.54) is 0 Å². The predicted molar refractivity (Wildman–Crippen MR) is 73.9 cm³/mol. The van der Waals surface area contributed by atoms with E-state index in [0.717, 1.165) is 11.3 Å². The van der Waals surface area contributed by atoms with Gasteiger partial charge in [-0.25, -0.2) is 0 Å². The molecule has 2 rings (SSSR count). The average molecular weight is 256 g/mol. The zero-order chi connectivity index (χ0) is 13.5. The Bertz CT molecular complexity index is 541. The third-order valence-corrected chi connectivity index (χ3v) is 2.72. The molecule has 0 saturated carbocycles. The molecule has 0 spiro atoms. The number of Topliss-reactive ketones (excluding diaryl/α,β-unsaturated/α-hetero) is 1. The maximum absolute atomic E-state index is 11.8. The molecule has 0 radical (unpaired) electrons. The topological polar surface area (TPSA) is 65.2 Å². The van der Waals surface area contributed by atoms with E-state index < -0.39 is 0 Å². The molecule has 0 aliphatic carbocycles. The molecule has 4 nitrogen and oxygen atoms in total. The van der Waals surface area contributed by atoms with Crippen LogP contribution in [0.15, 0.2) is 48.8 Å². The van der Waals surface area contributed by atoms with Gasteiger partial charge < -0.3 is 10.5 Å². The van der Waals surface area contributed by atoms with Gasteiger partial charge in [0.25, 0.3) is 0 Å². The lowest BCUT2D eigenvalue weighted by molar-refractivity contribution is -0.118. The second-order valence-electron chi connectivity index (χ2n) is 4.20. The summed E-state index contributed by atoms with van der Waals surface area (Å²) in [6.45, 7) is 0.378. The molecule has 0 unspecified atom stereocenters. The number of hydrogen-bond donors (Lipinski definition) is 1. The van der Waals surface area contributed by atoms with Crippen LogP contribution in [-0.4, -0.2) is 17.4 Å². The van der Waals surface area contributed by atoms with Crippen LogP contribution in [0.3, 0.4) is 0 Å². The second-order valence-corrected chi connectivity index (χ2v) is 4.20. The summed E-state index contributed by atoms with van der Waals surface area (Å²) < 4.78 is 5.48. The number of rotatable bonds is 6. The van der Waals surface area contributed by atoms with E-state index in [4.69, 9.17) is 10.5 Å². The highest BCUT2D eigenvalue weighted by Gasteiger charge is 2.07. The van der Waals surface area contributed by atoms with Crippen molar-refractivity contribution in [3.05, 3.63) is 54.4 Å². The summed E-state index contributed by atoms with van der Waals surface area (Å²) in [5.41, 5.74) is 7.14. The van der Waals surface area contributed by atoms with Gasteiger partial charge >= 0.3 is 0 Å². The summed E-state index contributed by atoms with van der Waals surface area (Å²) in [5.74, 6) is 0.867. The summed E-state index contributed by atoms with van der Waals surface area (Å²) >= 11 is 0. The second kappa shape index (κ2) is 6.54. The molecule has 19 heavy (non-hydrogen) atoms. The van der Waals surface area contributed by atoms with Gasteiger partial charge in [-0.05, 0) is 18.2 Å². The van der Waals surface area contributed by atoms with Crippen LogP contribution in [0.5, 0.6) is 5.75 Å². The van der Waals surface area contributed by atoms with Crippen LogP contribution in [0.25, 0.3) is 0 Å². The Morgan fingerprint density at radius 2 is 2.00 bits per heavy atom. The fraction of sp³-hybridized carbons (Fsp3) is 0.200. The number of nitrogens with zero attached hydrogens (tertiary/aromatic N) is 1. The summed E-state index contributed by atoms with van der Waals surface area (Å²) in [6, 6.07) is 11.1. The van der Waals surface area contributed by atoms with Crippen molar-refractivity contribution in [2.75, 3.05) is 12.3 Å². The molecule has 1 aromatic heterocycles. The maximum Gasteiger partial charge on any atom is 0.140 e. The summed E-state index contributed by atoms with van der Waals surface area (Å²) in [5, 5.41) is 0. The molecule has 0 aliphatic rings. The van der Waals surface area contributed by atoms with Gasteiger partial charge in [-0.3, -0.25) is 9.78 Å². The molecule has 0 bridgehead atoms. The van der Waals surface area contributed by atoms with Crippen molar-refractivity contribution in [3.63, 3.8) is 0 Å². The number of carbonyl (C=O) groups excluding carboxylic acids is 1. The van der Waals surface area contributed by atoms with Crippen molar-refractivity contribution >= 4 is 11.5 Å². The quantitative estimate of drug-likeness (QED) is 0.860. The fourth-order valence-corrected chi connectivity index (χ4v) is 1.69. The molecule has 98 valence electrons. The fourth-order valence-electron chi connectivity index (χ4n) is 1.69. The molecule has 0 aliphatic heterocycles. The molecule has 1 heterocycles. The molecular weight excluding hydrogens is 240 g/mol. The van der Waals surface area contributed by atoms with Crippen LogP contribution < -0.4 is 10.5 Å². The number of anilines is 1. The lowest BCUT2D eigenvalue weighted by Crippen LogP contribution is -2.10. The third kappa shape index (κ3) is 4.10. The van der Waals surface area contributed by atoms with E-state index in [1.54, 1.807) is 18.5 Å². The van der Waals surface area contributed by atoms with Gasteiger partial charge in [-0.2, -0.15) is 0 Å². The Kier molecular flexibility index (Phi) is 4.50. The monoisotopic (exact) mass is 256 g/mol. The number of carbonyl (C=O) groups is 1. The average Bonchev–Trinajstić information content (AvgIpc) is 2.43. The van der Waals surface area contributed by atoms with Crippen molar-refractivity contribution in [1.29, 1.82) is 0 Å². The minimum absolute atomic E-state index is 0.0932. The molecule has 0 amide bonds. The Morgan fingerprint density at radius 1 is 1.21 bits per heavy atom. The molecule has 1 aromatic carbocycles. The number of nitrogens with two attached hydrogens (primary N) is 1. The van der Waals surface area contributed by atoms with Gasteiger partial charge in [0.2, 0.25) is 0 Å². The summed E-state index contributed by atoms with van der Waals surface area (Å²) in [4.78, 5) is 15.8. The standard InChI is InChI=1S/C15H16N2O2/c16-15-6-8-17-11-12(15)10-13(18)7-9-19-14-4-2-1-3-5-14/h1-6,8,11H,7,9-10H2,(H2,16,17). The maximum atomic E-state index is 11.8. The van der Waals surface area contributed by atoms with E-state index in [9.17, 15) is 4.79 Å². The van der Waals surface area contributed by atoms with E-state index in [1.807, 2.05) is 30.3 Å². The molecule has 2 aromatic rings. The number of pyridine rings is 1. The SMILES string of the molecule is Nc1ccncc1CC(=O)CCOc1ccccc1. The lowest BCUT2D eigenvalue weighted by Gasteiger charge is -2.06. The zero-order valence-corrected chi connectivity index (χ0v) is 10.6. The molecule has 0 atom stereocenters. The van der Waals surface area contributed by atoms with Gasteiger partial charge in [0.1, 0.15) is 11.5 Å². The number of ketones is 1. The Balaban J connectivity index is 1.78. The Hall–Kier alpha value is -2.36. The zero-order valence-electron chi connectivity index (χ0n) is 10.6. The van der Waals surface area contributed by atoms with Gasteiger partial charge in [0.05, 0.1) is 6.61 Å². The van der Waals surface area contributed by atoms with Crippen molar-refractivity contribution in [2.45, 2.75) is 12.8 Å². The van der Waals surface area contributed by atoms with Crippen molar-refractivity contribution in [3.8, 4) is 5.75 Å². The van der Waals surface area contributed by atoms with Crippen molar-refractivity contribution in [2.24, 2.45) is 0 Å². The molecular formula is C15H16N2O2. The van der Waals surface area contributed by atoms with Crippen molar-refractivity contribution < 1.29 is 9.53 Å². The number of para-hydroxylation sites is 1. The van der Waals surface area contributed by atoms with Crippen LogP contribution in [0, 0.1) is 0 Å². The van der Waals surface area contributed by atoms with Crippen LogP contribution in [-0.2, 0) is 11.2 Å². The summed E-state index contributed by atoms with van der Waals surface area (Å²) in [6.07, 6.45) is 3.91. The first-order chi connectivity index (χ1) is 9.25. The highest BCUT2D eigenvalue weighted by atomic mass is 16.5. The van der Waals surface area contributed by atoms with Gasteiger partial charge in [0.15, 0.2) is 0 Å². The van der Waals surface area contributed by atoms with Crippen molar-refractivity contribution in [1.82, 2.24) is 4.98 Å². The minimum Gasteiger partial charge on any atom is -0.493 e. The smallest absolute Gasteiger partial charge is 0.140 e. The molecule has 4 heteroatoms. The summed E-state index contributed by atoms with van der Waals surface area (Å²) in [7, 11) is 0. The largest absolute Gasteiger partial charge is 0.493 e. The van der Waals surface area contributed by atoms with Crippen LogP contribution >= 0.6 is 0 Å². The third-order valence-electron chi connectivity index (χ3n) is 2.72. The Labute approximate surface area is 112 Å². The molecule has 0 saturated heterocycles. The minimum atomic E-state index is 0.0932. The first kappa shape index (κ1) is 13.1. The van der Waals surface area contributed by atoms with E-state index in [2.05, 4.69) is 4.98 Å². The van der Waals surface area contributed by atoms with E-state index >= 15 is 0 Å².